The van der Waals surface area contributed by atoms with Crippen molar-refractivity contribution in [2.45, 2.75) is 45.6 Å². The summed E-state index contributed by atoms with van der Waals surface area (Å²) < 4.78 is 0. The average molecular weight is 356 g/mol. The number of rotatable bonds is 6. The summed E-state index contributed by atoms with van der Waals surface area (Å²) in [5, 5.41) is 3.77. The summed E-state index contributed by atoms with van der Waals surface area (Å²) in [6, 6.07) is 24.5. The first-order chi connectivity index (χ1) is 13.1. The minimum absolute atomic E-state index is 0.0556. The lowest BCUT2D eigenvalue weighted by Crippen LogP contribution is -2.37. The molecule has 0 saturated heterocycles. The third-order valence-electron chi connectivity index (χ3n) is 5.84. The summed E-state index contributed by atoms with van der Waals surface area (Å²) in [6.45, 7) is 7.91. The fourth-order valence-corrected chi connectivity index (χ4v) is 4.35. The molecule has 0 fully saturated rings. The Morgan fingerprint density at radius 3 is 2.19 bits per heavy atom. The van der Waals surface area contributed by atoms with Gasteiger partial charge in [0.2, 0.25) is 0 Å². The second-order valence-electron chi connectivity index (χ2n) is 8.12. The first kappa shape index (κ1) is 18.0. The summed E-state index contributed by atoms with van der Waals surface area (Å²) in [5.74, 6) is 0. The van der Waals surface area contributed by atoms with Crippen LogP contribution in [0, 0.1) is 0 Å². The van der Waals surface area contributed by atoms with Gasteiger partial charge in [0.25, 0.3) is 0 Å². The molecule has 27 heavy (non-hydrogen) atoms. The predicted molar refractivity (Wildman–Crippen MR) is 116 cm³/mol. The van der Waals surface area contributed by atoms with Crippen LogP contribution in [0.4, 0.5) is 0 Å². The van der Waals surface area contributed by atoms with Crippen LogP contribution < -0.4 is 5.32 Å². The van der Waals surface area contributed by atoms with Crippen molar-refractivity contribution in [2.75, 3.05) is 6.54 Å². The molecule has 0 spiro atoms. The van der Waals surface area contributed by atoms with E-state index < -0.39 is 0 Å². The molecule has 0 atom stereocenters. The van der Waals surface area contributed by atoms with E-state index in [1.165, 1.54) is 51.8 Å². The fraction of sp³-hybridized carbons (Fsp3) is 0.308. The molecule has 3 aromatic carbocycles. The van der Waals surface area contributed by atoms with Gasteiger partial charge in [-0.3, -0.25) is 0 Å². The van der Waals surface area contributed by atoms with Crippen molar-refractivity contribution >= 4 is 0 Å². The smallest absolute Gasteiger partial charge is 0.0383 e. The van der Waals surface area contributed by atoms with E-state index in [1.807, 2.05) is 0 Å². The molecule has 0 aliphatic heterocycles. The monoisotopic (exact) mass is 355 g/mol. The van der Waals surface area contributed by atoms with Crippen LogP contribution >= 0.6 is 0 Å². The molecule has 0 bridgehead atoms. The van der Waals surface area contributed by atoms with Crippen molar-refractivity contribution in [3.05, 3.63) is 83.4 Å². The van der Waals surface area contributed by atoms with E-state index in [-0.39, 0.29) is 5.54 Å². The molecule has 0 heterocycles. The van der Waals surface area contributed by atoms with Gasteiger partial charge in [-0.05, 0) is 72.2 Å². The molecular weight excluding hydrogens is 326 g/mol. The third kappa shape index (κ3) is 3.33. The van der Waals surface area contributed by atoms with Gasteiger partial charge in [-0.1, -0.05) is 80.1 Å². The molecule has 1 N–H and O–H groups in total. The molecule has 0 amide bonds. The Labute approximate surface area is 163 Å². The van der Waals surface area contributed by atoms with Gasteiger partial charge in [0.1, 0.15) is 0 Å². The summed E-state index contributed by atoms with van der Waals surface area (Å²) in [5.41, 5.74) is 9.77. The average Bonchev–Trinajstić information content (AvgIpc) is 3.07. The van der Waals surface area contributed by atoms with Gasteiger partial charge in [-0.15, -0.1) is 0 Å². The lowest BCUT2D eigenvalue weighted by Gasteiger charge is -2.30. The van der Waals surface area contributed by atoms with Gasteiger partial charge >= 0.3 is 0 Å². The Morgan fingerprint density at radius 2 is 1.41 bits per heavy atom. The molecule has 1 heteroatoms. The van der Waals surface area contributed by atoms with Gasteiger partial charge in [0.05, 0.1) is 0 Å². The number of benzene rings is 3. The van der Waals surface area contributed by atoms with Crippen molar-refractivity contribution in [3.63, 3.8) is 0 Å². The Morgan fingerprint density at radius 1 is 0.778 bits per heavy atom. The van der Waals surface area contributed by atoms with Gasteiger partial charge < -0.3 is 5.32 Å². The van der Waals surface area contributed by atoms with Gasteiger partial charge in [-0.25, -0.2) is 0 Å². The van der Waals surface area contributed by atoms with Gasteiger partial charge in [0.15, 0.2) is 0 Å². The minimum atomic E-state index is -0.0556. The number of hydrogen-bond donors (Lipinski definition) is 1. The zero-order chi connectivity index (χ0) is 18.9. The molecule has 3 aromatic rings. The summed E-state index contributed by atoms with van der Waals surface area (Å²) >= 11 is 0. The van der Waals surface area contributed by atoms with Gasteiger partial charge in [0, 0.05) is 5.54 Å². The predicted octanol–water partition coefficient (Wildman–Crippen LogP) is 6.55. The van der Waals surface area contributed by atoms with E-state index in [2.05, 4.69) is 92.8 Å². The summed E-state index contributed by atoms with van der Waals surface area (Å²) in [4.78, 5) is 0. The van der Waals surface area contributed by atoms with Crippen LogP contribution in [0.15, 0.2) is 66.7 Å². The Hall–Kier alpha value is -2.38. The SMILES string of the molecule is CCCCNC(C)(C)c1ccccc1-c1cccc2c1Cc1ccccc1-2. The Kier molecular flexibility index (Phi) is 4.88. The maximum absolute atomic E-state index is 3.77. The highest BCUT2D eigenvalue weighted by atomic mass is 14.9. The van der Waals surface area contributed by atoms with Crippen molar-refractivity contribution in [3.8, 4) is 22.3 Å². The van der Waals surface area contributed by atoms with E-state index in [0.717, 1.165) is 13.0 Å². The first-order valence-corrected chi connectivity index (χ1v) is 10.2. The third-order valence-corrected chi connectivity index (χ3v) is 5.84. The molecule has 1 aliphatic carbocycles. The molecule has 0 unspecified atom stereocenters. The van der Waals surface area contributed by atoms with Crippen molar-refractivity contribution in [1.82, 2.24) is 5.32 Å². The quantitative estimate of drug-likeness (QED) is 0.387. The molecule has 1 nitrogen and oxygen atoms in total. The number of fused-ring (bicyclic) bond motifs is 3. The minimum Gasteiger partial charge on any atom is -0.308 e. The lowest BCUT2D eigenvalue weighted by atomic mass is 9.84. The van der Waals surface area contributed by atoms with Crippen LogP contribution in [0.2, 0.25) is 0 Å². The van der Waals surface area contributed by atoms with E-state index >= 15 is 0 Å². The zero-order valence-electron chi connectivity index (χ0n) is 16.7. The molecule has 138 valence electrons. The van der Waals surface area contributed by atoms with Crippen LogP contribution in [0.5, 0.6) is 0 Å². The standard InChI is InChI=1S/C26H29N/c1-4-5-17-27-26(2,3)25-16-9-8-13-23(25)22-15-10-14-21-20-12-7-6-11-19(20)18-24(21)22/h6-16,27H,4-5,17-18H2,1-3H3. The van der Waals surface area contributed by atoms with Crippen molar-refractivity contribution in [2.24, 2.45) is 0 Å². The second kappa shape index (κ2) is 7.32. The van der Waals surface area contributed by atoms with E-state index in [9.17, 15) is 0 Å². The zero-order valence-corrected chi connectivity index (χ0v) is 16.7. The highest BCUT2D eigenvalue weighted by Gasteiger charge is 2.26. The van der Waals surface area contributed by atoms with Crippen LogP contribution in [0.25, 0.3) is 22.3 Å². The largest absolute Gasteiger partial charge is 0.308 e. The maximum atomic E-state index is 3.77. The number of unbranched alkanes of at least 4 members (excludes halogenated alkanes) is 1. The number of hydrogen-bond acceptors (Lipinski definition) is 1. The summed E-state index contributed by atoms with van der Waals surface area (Å²) in [6.07, 6.45) is 3.45. The van der Waals surface area contributed by atoms with E-state index in [0.29, 0.717) is 0 Å². The Balaban J connectivity index is 1.79. The normalized spacial score (nSPS) is 12.7. The van der Waals surface area contributed by atoms with Crippen LogP contribution in [0.3, 0.4) is 0 Å². The maximum Gasteiger partial charge on any atom is 0.0383 e. The van der Waals surface area contributed by atoms with E-state index in [1.54, 1.807) is 0 Å². The molecule has 1 aliphatic rings. The van der Waals surface area contributed by atoms with Crippen molar-refractivity contribution < 1.29 is 0 Å². The molecule has 0 saturated carbocycles. The molecule has 0 radical (unpaired) electrons. The molecule has 0 aromatic heterocycles. The highest BCUT2D eigenvalue weighted by molar-refractivity contribution is 5.85. The van der Waals surface area contributed by atoms with Crippen molar-refractivity contribution in [1.29, 1.82) is 0 Å². The van der Waals surface area contributed by atoms with Crippen LogP contribution in [-0.4, -0.2) is 6.54 Å². The molecular formula is C26H29N. The lowest BCUT2D eigenvalue weighted by molar-refractivity contribution is 0.400. The highest BCUT2D eigenvalue weighted by Crippen LogP contribution is 2.43. The van der Waals surface area contributed by atoms with Crippen LogP contribution in [0.1, 0.15) is 50.3 Å². The number of nitrogens with one attached hydrogen (secondary N) is 1. The fourth-order valence-electron chi connectivity index (χ4n) is 4.35. The topological polar surface area (TPSA) is 12.0 Å². The van der Waals surface area contributed by atoms with Gasteiger partial charge in [-0.2, -0.15) is 0 Å². The molecule has 4 rings (SSSR count). The first-order valence-electron chi connectivity index (χ1n) is 10.2. The van der Waals surface area contributed by atoms with E-state index in [4.69, 9.17) is 0 Å². The summed E-state index contributed by atoms with van der Waals surface area (Å²) in [7, 11) is 0. The van der Waals surface area contributed by atoms with Crippen LogP contribution in [-0.2, 0) is 12.0 Å². The second-order valence-corrected chi connectivity index (χ2v) is 8.12. The Bertz CT molecular complexity index is 952.